The molecular weight excluding hydrogens is 357 g/mol. The molecule has 2 aromatic carbocycles. The quantitative estimate of drug-likeness (QED) is 0.592. The van der Waals surface area contributed by atoms with E-state index in [0.717, 1.165) is 22.6 Å². The first-order valence-electron chi connectivity index (χ1n) is 7.93. The first-order valence-corrected chi connectivity index (χ1v) is 7.93. The van der Waals surface area contributed by atoms with Crippen molar-refractivity contribution in [3.63, 3.8) is 0 Å². The third-order valence-corrected chi connectivity index (χ3v) is 3.62. The predicted molar refractivity (Wildman–Crippen MR) is 96.0 cm³/mol. The molecule has 0 unspecified atom stereocenters. The fourth-order valence-electron chi connectivity index (χ4n) is 2.11. The monoisotopic (exact) mass is 375 g/mol. The molecule has 0 aliphatic carbocycles. The second kappa shape index (κ2) is 8.75. The van der Waals surface area contributed by atoms with Crippen molar-refractivity contribution in [2.75, 3.05) is 25.5 Å². The van der Waals surface area contributed by atoms with E-state index in [1.807, 2.05) is 19.1 Å². The molecule has 0 heterocycles. The zero-order valence-corrected chi connectivity index (χ0v) is 14.8. The van der Waals surface area contributed by atoms with Gasteiger partial charge in [-0.15, -0.1) is 0 Å². The highest BCUT2D eigenvalue weighted by atomic mass is 19.1. The Bertz CT molecular complexity index is 855. The lowest BCUT2D eigenvalue weighted by atomic mass is 10.2. The second-order valence-corrected chi connectivity index (χ2v) is 5.82. The van der Waals surface area contributed by atoms with E-state index < -0.39 is 34.8 Å². The molecule has 0 spiro atoms. The molecule has 0 bridgehead atoms. The Balaban J connectivity index is 1.85. The van der Waals surface area contributed by atoms with Crippen LogP contribution >= 0.6 is 0 Å². The number of nitrogens with one attached hydrogen (secondary N) is 1. The smallest absolute Gasteiger partial charge is 0.272 e. The molecule has 0 saturated carbocycles. The Kier molecular flexibility index (Phi) is 6.42. The van der Waals surface area contributed by atoms with Gasteiger partial charge in [0.15, 0.2) is 18.2 Å². The zero-order chi connectivity index (χ0) is 20.0. The van der Waals surface area contributed by atoms with Crippen molar-refractivity contribution in [3.05, 3.63) is 64.0 Å². The number of benzene rings is 2. The Labute approximate surface area is 154 Å². The molecule has 1 N–H and O–H groups in total. The summed E-state index contributed by atoms with van der Waals surface area (Å²) < 4.78 is 18.8. The van der Waals surface area contributed by atoms with Crippen molar-refractivity contribution in [1.82, 2.24) is 4.90 Å². The summed E-state index contributed by atoms with van der Waals surface area (Å²) in [5.74, 6) is -2.17. The van der Waals surface area contributed by atoms with E-state index in [4.69, 9.17) is 4.74 Å². The van der Waals surface area contributed by atoms with Gasteiger partial charge in [0, 0.05) is 18.8 Å². The van der Waals surface area contributed by atoms with Crippen LogP contribution < -0.4 is 10.1 Å². The number of carbonyl (C=O) groups excluding carboxylic acids is 2. The molecule has 27 heavy (non-hydrogen) atoms. The number of non-ortho nitro benzene ring substituents is 1. The van der Waals surface area contributed by atoms with Crippen molar-refractivity contribution in [2.24, 2.45) is 0 Å². The summed E-state index contributed by atoms with van der Waals surface area (Å²) in [4.78, 5) is 35.0. The van der Waals surface area contributed by atoms with Gasteiger partial charge < -0.3 is 15.0 Å². The summed E-state index contributed by atoms with van der Waals surface area (Å²) in [5, 5.41) is 13.2. The number of carbonyl (C=O) groups is 2. The maximum atomic E-state index is 13.7. The highest BCUT2D eigenvalue weighted by Crippen LogP contribution is 2.22. The second-order valence-electron chi connectivity index (χ2n) is 5.82. The fraction of sp³-hybridized carbons (Fsp3) is 0.222. The molecule has 0 atom stereocenters. The Morgan fingerprint density at radius 2 is 1.89 bits per heavy atom. The topological polar surface area (TPSA) is 102 Å². The number of rotatable bonds is 7. The van der Waals surface area contributed by atoms with E-state index in [0.29, 0.717) is 11.8 Å². The third kappa shape index (κ3) is 5.77. The summed E-state index contributed by atoms with van der Waals surface area (Å²) >= 11 is 0. The number of nitrogens with zero attached hydrogens (tertiary/aromatic N) is 2. The van der Waals surface area contributed by atoms with Crippen LogP contribution in [0.2, 0.25) is 0 Å². The molecule has 0 aromatic heterocycles. The average molecular weight is 375 g/mol. The van der Waals surface area contributed by atoms with Crippen LogP contribution in [0.25, 0.3) is 0 Å². The van der Waals surface area contributed by atoms with Gasteiger partial charge in [0.2, 0.25) is 5.91 Å². The molecule has 0 radical (unpaired) electrons. The molecule has 0 fully saturated rings. The third-order valence-electron chi connectivity index (χ3n) is 3.62. The minimum absolute atomic E-state index is 0.210. The lowest BCUT2D eigenvalue weighted by molar-refractivity contribution is -0.385. The van der Waals surface area contributed by atoms with Crippen LogP contribution in [-0.4, -0.2) is 41.8 Å². The highest BCUT2D eigenvalue weighted by Gasteiger charge is 2.16. The van der Waals surface area contributed by atoms with E-state index in [9.17, 15) is 24.1 Å². The average Bonchev–Trinajstić information content (AvgIpc) is 2.62. The van der Waals surface area contributed by atoms with Crippen LogP contribution in [0, 0.1) is 22.9 Å². The Hall–Kier alpha value is -3.49. The normalized spacial score (nSPS) is 10.2. The zero-order valence-electron chi connectivity index (χ0n) is 14.8. The SMILES string of the molecule is Cc1ccc(NC(=O)CN(C)C(=O)COc2ccc([N+](=O)[O-])cc2F)cc1. The molecule has 9 heteroatoms. The summed E-state index contributed by atoms with van der Waals surface area (Å²) in [6, 6.07) is 10.0. The minimum Gasteiger partial charge on any atom is -0.481 e. The van der Waals surface area contributed by atoms with Gasteiger partial charge in [-0.3, -0.25) is 19.7 Å². The van der Waals surface area contributed by atoms with Crippen molar-refractivity contribution in [3.8, 4) is 5.75 Å². The number of halogens is 1. The number of ether oxygens (including phenoxy) is 1. The molecule has 8 nitrogen and oxygen atoms in total. The maximum Gasteiger partial charge on any atom is 0.272 e. The van der Waals surface area contributed by atoms with E-state index in [-0.39, 0.29) is 12.3 Å². The van der Waals surface area contributed by atoms with E-state index >= 15 is 0 Å². The maximum absolute atomic E-state index is 13.7. The molecule has 2 amide bonds. The van der Waals surface area contributed by atoms with Crippen LogP contribution in [-0.2, 0) is 9.59 Å². The standard InChI is InChI=1S/C18H18FN3O5/c1-12-3-5-13(6-4-12)20-17(23)10-21(2)18(24)11-27-16-8-7-14(22(25)26)9-15(16)19/h3-9H,10-11H2,1-2H3,(H,20,23). The number of nitro benzene ring substituents is 1. The van der Waals surface area contributed by atoms with Crippen LogP contribution in [0.1, 0.15) is 5.56 Å². The van der Waals surface area contributed by atoms with Gasteiger partial charge in [-0.25, -0.2) is 4.39 Å². The van der Waals surface area contributed by atoms with Crippen molar-refractivity contribution in [2.45, 2.75) is 6.92 Å². The van der Waals surface area contributed by atoms with Crippen LogP contribution in [0.3, 0.4) is 0 Å². The van der Waals surface area contributed by atoms with Gasteiger partial charge >= 0.3 is 0 Å². The number of likely N-dealkylation sites (N-methyl/N-ethyl adjacent to an activating group) is 1. The predicted octanol–water partition coefficient (Wildman–Crippen LogP) is 2.52. The lowest BCUT2D eigenvalue weighted by Gasteiger charge is -2.17. The molecule has 2 rings (SSSR count). The lowest BCUT2D eigenvalue weighted by Crippen LogP contribution is -2.37. The molecule has 0 aliphatic heterocycles. The first kappa shape index (κ1) is 19.8. The number of amides is 2. The minimum atomic E-state index is -0.947. The number of anilines is 1. The van der Waals surface area contributed by atoms with Crippen LogP contribution in [0.4, 0.5) is 15.8 Å². The number of hydrogen-bond acceptors (Lipinski definition) is 5. The van der Waals surface area contributed by atoms with Crippen molar-refractivity contribution in [1.29, 1.82) is 0 Å². The van der Waals surface area contributed by atoms with Crippen LogP contribution in [0.5, 0.6) is 5.75 Å². The van der Waals surface area contributed by atoms with E-state index in [2.05, 4.69) is 5.32 Å². The van der Waals surface area contributed by atoms with Gasteiger partial charge in [0.25, 0.3) is 11.6 Å². The van der Waals surface area contributed by atoms with Gasteiger partial charge in [-0.1, -0.05) is 17.7 Å². The van der Waals surface area contributed by atoms with Crippen LogP contribution in [0.15, 0.2) is 42.5 Å². The van der Waals surface area contributed by atoms with Gasteiger partial charge in [-0.2, -0.15) is 0 Å². The van der Waals surface area contributed by atoms with Crippen molar-refractivity contribution >= 4 is 23.2 Å². The molecule has 0 aliphatic rings. The van der Waals surface area contributed by atoms with Gasteiger partial charge in [0.05, 0.1) is 17.5 Å². The van der Waals surface area contributed by atoms with Gasteiger partial charge in [0.1, 0.15) is 0 Å². The first-order chi connectivity index (χ1) is 12.8. The largest absolute Gasteiger partial charge is 0.481 e. The number of nitro groups is 1. The van der Waals surface area contributed by atoms with Gasteiger partial charge in [-0.05, 0) is 25.1 Å². The Morgan fingerprint density at radius 1 is 1.22 bits per heavy atom. The summed E-state index contributed by atoms with van der Waals surface area (Å²) in [5.41, 5.74) is 1.24. The summed E-state index contributed by atoms with van der Waals surface area (Å²) in [7, 11) is 1.41. The van der Waals surface area contributed by atoms with E-state index in [1.54, 1.807) is 12.1 Å². The summed E-state index contributed by atoms with van der Waals surface area (Å²) in [6.45, 7) is 1.20. The number of aryl methyl sites for hydroxylation is 1. The Morgan fingerprint density at radius 3 is 2.48 bits per heavy atom. The van der Waals surface area contributed by atoms with E-state index in [1.165, 1.54) is 7.05 Å². The molecule has 0 saturated heterocycles. The number of hydrogen-bond donors (Lipinski definition) is 1. The molecule has 142 valence electrons. The highest BCUT2D eigenvalue weighted by molar-refractivity contribution is 5.94. The molecule has 2 aromatic rings. The molecular formula is C18H18FN3O5. The fourth-order valence-corrected chi connectivity index (χ4v) is 2.11. The van der Waals surface area contributed by atoms with Crippen molar-refractivity contribution < 1.29 is 23.6 Å². The summed E-state index contributed by atoms with van der Waals surface area (Å²) in [6.07, 6.45) is 0.